The second-order valence-electron chi connectivity index (χ2n) is 5.08. The molecule has 19 heavy (non-hydrogen) atoms. The Morgan fingerprint density at radius 2 is 2.05 bits per heavy atom. The molecule has 104 valence electrons. The van der Waals surface area contributed by atoms with Crippen molar-refractivity contribution in [2.45, 2.75) is 19.8 Å². The van der Waals surface area contributed by atoms with E-state index < -0.39 is 0 Å². The molecular formula is C15H23N3O. The number of hydrogen-bond donors (Lipinski definition) is 2. The van der Waals surface area contributed by atoms with Gasteiger partial charge in [-0.15, -0.1) is 0 Å². The topological polar surface area (TPSA) is 44.4 Å². The maximum Gasteiger partial charge on any atom is 0.251 e. The first-order valence-corrected chi connectivity index (χ1v) is 6.99. The van der Waals surface area contributed by atoms with Crippen LogP contribution in [0.1, 0.15) is 28.8 Å². The fraction of sp³-hybridized carbons (Fsp3) is 0.533. The number of aryl methyl sites for hydroxylation is 1. The quantitative estimate of drug-likeness (QED) is 0.850. The van der Waals surface area contributed by atoms with Crippen molar-refractivity contribution in [1.82, 2.24) is 10.2 Å². The maximum absolute atomic E-state index is 12.1. The van der Waals surface area contributed by atoms with E-state index in [1.54, 1.807) is 0 Å². The minimum absolute atomic E-state index is 0.0272. The molecule has 0 unspecified atom stereocenters. The second-order valence-corrected chi connectivity index (χ2v) is 5.08. The smallest absolute Gasteiger partial charge is 0.251 e. The number of likely N-dealkylation sites (tertiary alicyclic amines) is 1. The predicted octanol–water partition coefficient (Wildman–Crippen LogP) is 1.86. The van der Waals surface area contributed by atoms with Gasteiger partial charge in [0.2, 0.25) is 0 Å². The molecule has 0 aliphatic carbocycles. The van der Waals surface area contributed by atoms with Crippen LogP contribution >= 0.6 is 0 Å². The standard InChI is InChI=1S/C15H23N3O/c1-12-11-13(16-2)5-6-14(12)15(19)17-7-10-18-8-3-4-9-18/h5-6,11,16H,3-4,7-10H2,1-2H3,(H,17,19). The highest BCUT2D eigenvalue weighted by molar-refractivity contribution is 5.96. The highest BCUT2D eigenvalue weighted by Crippen LogP contribution is 2.14. The van der Waals surface area contributed by atoms with Gasteiger partial charge in [0.25, 0.3) is 5.91 Å². The van der Waals surface area contributed by atoms with Crippen molar-refractivity contribution in [3.8, 4) is 0 Å². The van der Waals surface area contributed by atoms with Crippen molar-refractivity contribution in [2.24, 2.45) is 0 Å². The molecule has 0 aromatic heterocycles. The molecule has 1 heterocycles. The molecule has 4 nitrogen and oxygen atoms in total. The lowest BCUT2D eigenvalue weighted by Crippen LogP contribution is -2.33. The molecule has 1 fully saturated rings. The van der Waals surface area contributed by atoms with Crippen molar-refractivity contribution >= 4 is 11.6 Å². The lowest BCUT2D eigenvalue weighted by atomic mass is 10.1. The Morgan fingerprint density at radius 3 is 2.68 bits per heavy atom. The van der Waals surface area contributed by atoms with E-state index in [1.807, 2.05) is 32.2 Å². The highest BCUT2D eigenvalue weighted by atomic mass is 16.1. The van der Waals surface area contributed by atoms with E-state index in [2.05, 4.69) is 15.5 Å². The van der Waals surface area contributed by atoms with Gasteiger partial charge in [0, 0.05) is 31.4 Å². The van der Waals surface area contributed by atoms with Crippen LogP contribution in [0.5, 0.6) is 0 Å². The number of amides is 1. The van der Waals surface area contributed by atoms with E-state index in [1.165, 1.54) is 25.9 Å². The van der Waals surface area contributed by atoms with Crippen molar-refractivity contribution < 1.29 is 4.79 Å². The van der Waals surface area contributed by atoms with Crippen LogP contribution in [0.25, 0.3) is 0 Å². The number of nitrogens with zero attached hydrogens (tertiary/aromatic N) is 1. The Morgan fingerprint density at radius 1 is 1.32 bits per heavy atom. The molecule has 1 aromatic rings. The third-order valence-electron chi connectivity index (χ3n) is 3.67. The molecule has 2 rings (SSSR count). The molecule has 1 saturated heterocycles. The largest absolute Gasteiger partial charge is 0.388 e. The Balaban J connectivity index is 1.85. The molecule has 0 saturated carbocycles. The highest BCUT2D eigenvalue weighted by Gasteiger charge is 2.12. The fourth-order valence-electron chi connectivity index (χ4n) is 2.50. The monoisotopic (exact) mass is 261 g/mol. The summed E-state index contributed by atoms with van der Waals surface area (Å²) in [5, 5.41) is 6.08. The lowest BCUT2D eigenvalue weighted by Gasteiger charge is -2.15. The van der Waals surface area contributed by atoms with Crippen LogP contribution in [0.4, 0.5) is 5.69 Å². The molecule has 0 bridgehead atoms. The van der Waals surface area contributed by atoms with Gasteiger partial charge < -0.3 is 15.5 Å². The molecule has 1 amide bonds. The molecule has 1 aliphatic rings. The molecule has 0 spiro atoms. The van der Waals surface area contributed by atoms with E-state index in [9.17, 15) is 4.79 Å². The summed E-state index contributed by atoms with van der Waals surface area (Å²) in [6.45, 7) is 6.00. The Bertz CT molecular complexity index is 439. The Labute approximate surface area is 115 Å². The van der Waals surface area contributed by atoms with Crippen LogP contribution in [0.2, 0.25) is 0 Å². The SMILES string of the molecule is CNc1ccc(C(=O)NCCN2CCCC2)c(C)c1. The summed E-state index contributed by atoms with van der Waals surface area (Å²) in [5.74, 6) is 0.0272. The summed E-state index contributed by atoms with van der Waals surface area (Å²) < 4.78 is 0. The van der Waals surface area contributed by atoms with Gasteiger partial charge in [-0.25, -0.2) is 0 Å². The summed E-state index contributed by atoms with van der Waals surface area (Å²) in [4.78, 5) is 14.5. The predicted molar refractivity (Wildman–Crippen MR) is 78.7 cm³/mol. The van der Waals surface area contributed by atoms with E-state index in [0.717, 1.165) is 29.9 Å². The van der Waals surface area contributed by atoms with E-state index >= 15 is 0 Å². The molecular weight excluding hydrogens is 238 g/mol. The van der Waals surface area contributed by atoms with Gasteiger partial charge in [-0.1, -0.05) is 0 Å². The number of benzene rings is 1. The van der Waals surface area contributed by atoms with Crippen molar-refractivity contribution in [1.29, 1.82) is 0 Å². The number of anilines is 1. The zero-order valence-electron chi connectivity index (χ0n) is 11.8. The normalized spacial score (nSPS) is 15.5. The third-order valence-corrected chi connectivity index (χ3v) is 3.67. The van der Waals surface area contributed by atoms with E-state index in [4.69, 9.17) is 0 Å². The van der Waals surface area contributed by atoms with Crippen molar-refractivity contribution in [2.75, 3.05) is 38.5 Å². The van der Waals surface area contributed by atoms with Crippen molar-refractivity contribution in [3.63, 3.8) is 0 Å². The zero-order valence-corrected chi connectivity index (χ0v) is 11.8. The van der Waals surface area contributed by atoms with Gasteiger partial charge in [0.1, 0.15) is 0 Å². The minimum atomic E-state index is 0.0272. The van der Waals surface area contributed by atoms with E-state index in [0.29, 0.717) is 0 Å². The van der Waals surface area contributed by atoms with Gasteiger partial charge in [0.15, 0.2) is 0 Å². The fourth-order valence-corrected chi connectivity index (χ4v) is 2.50. The number of carbonyl (C=O) groups is 1. The number of carbonyl (C=O) groups excluding carboxylic acids is 1. The number of hydrogen-bond acceptors (Lipinski definition) is 3. The van der Waals surface area contributed by atoms with Gasteiger partial charge in [0.05, 0.1) is 0 Å². The molecule has 0 radical (unpaired) electrons. The first-order valence-electron chi connectivity index (χ1n) is 6.99. The Kier molecular flexibility index (Phi) is 4.80. The molecule has 4 heteroatoms. The summed E-state index contributed by atoms with van der Waals surface area (Å²) in [6.07, 6.45) is 2.58. The minimum Gasteiger partial charge on any atom is -0.388 e. The average Bonchev–Trinajstić information content (AvgIpc) is 2.91. The Hall–Kier alpha value is -1.55. The number of nitrogens with one attached hydrogen (secondary N) is 2. The van der Waals surface area contributed by atoms with E-state index in [-0.39, 0.29) is 5.91 Å². The van der Waals surface area contributed by atoms with Crippen LogP contribution in [0, 0.1) is 6.92 Å². The second kappa shape index (κ2) is 6.57. The van der Waals surface area contributed by atoms with Gasteiger partial charge in [-0.3, -0.25) is 4.79 Å². The summed E-state index contributed by atoms with van der Waals surface area (Å²) >= 11 is 0. The summed E-state index contributed by atoms with van der Waals surface area (Å²) in [6, 6.07) is 5.81. The molecule has 1 aliphatic heterocycles. The molecule has 0 atom stereocenters. The first kappa shape index (κ1) is 13.9. The van der Waals surface area contributed by atoms with Crippen LogP contribution in [0.3, 0.4) is 0 Å². The lowest BCUT2D eigenvalue weighted by molar-refractivity contribution is 0.0949. The van der Waals surface area contributed by atoms with Gasteiger partial charge in [-0.2, -0.15) is 0 Å². The average molecular weight is 261 g/mol. The number of rotatable bonds is 5. The van der Waals surface area contributed by atoms with Crippen LogP contribution in [0.15, 0.2) is 18.2 Å². The summed E-state index contributed by atoms with van der Waals surface area (Å²) in [5.41, 5.74) is 2.80. The van der Waals surface area contributed by atoms with Crippen molar-refractivity contribution in [3.05, 3.63) is 29.3 Å². The molecule has 2 N–H and O–H groups in total. The third kappa shape index (κ3) is 3.70. The molecule has 1 aromatic carbocycles. The first-order chi connectivity index (χ1) is 9.20. The maximum atomic E-state index is 12.1. The summed E-state index contributed by atoms with van der Waals surface area (Å²) in [7, 11) is 1.88. The van der Waals surface area contributed by atoms with Crippen LogP contribution in [-0.4, -0.2) is 44.0 Å². The van der Waals surface area contributed by atoms with Gasteiger partial charge in [-0.05, 0) is 56.6 Å². The van der Waals surface area contributed by atoms with Crippen LogP contribution in [-0.2, 0) is 0 Å². The van der Waals surface area contributed by atoms with Gasteiger partial charge >= 0.3 is 0 Å². The van der Waals surface area contributed by atoms with Crippen LogP contribution < -0.4 is 10.6 Å². The zero-order chi connectivity index (χ0) is 13.7.